The van der Waals surface area contributed by atoms with Crippen molar-refractivity contribution in [1.29, 1.82) is 0 Å². The van der Waals surface area contributed by atoms with Gasteiger partial charge in [-0.1, -0.05) is 51.9 Å². The van der Waals surface area contributed by atoms with Gasteiger partial charge in [0, 0.05) is 19.7 Å². The fourth-order valence-corrected chi connectivity index (χ4v) is 2.29. The standard InChI is InChI=1S/C15H28N2O/c1-3-4-5-6-7-8-9-10-15(18)11-14-12-16-17(2)13-14/h12-13,15,18H,3-11H2,1-2H3. The number of nitrogens with zero attached hydrogens (tertiary/aromatic N) is 2. The van der Waals surface area contributed by atoms with Crippen LogP contribution in [-0.2, 0) is 13.5 Å². The van der Waals surface area contributed by atoms with Crippen LogP contribution < -0.4 is 0 Å². The van der Waals surface area contributed by atoms with Crippen LogP contribution in [0.25, 0.3) is 0 Å². The first-order valence-corrected chi connectivity index (χ1v) is 7.38. The van der Waals surface area contributed by atoms with Crippen LogP contribution in [0.3, 0.4) is 0 Å². The Kier molecular flexibility index (Phi) is 7.74. The van der Waals surface area contributed by atoms with Gasteiger partial charge in [0.25, 0.3) is 0 Å². The van der Waals surface area contributed by atoms with Gasteiger partial charge in [0.05, 0.1) is 12.3 Å². The molecule has 0 bridgehead atoms. The summed E-state index contributed by atoms with van der Waals surface area (Å²) >= 11 is 0. The van der Waals surface area contributed by atoms with Crippen LogP contribution in [0.15, 0.2) is 12.4 Å². The summed E-state index contributed by atoms with van der Waals surface area (Å²) < 4.78 is 1.79. The number of aliphatic hydroxyl groups is 1. The molecular weight excluding hydrogens is 224 g/mol. The topological polar surface area (TPSA) is 38.1 Å². The van der Waals surface area contributed by atoms with Crippen molar-refractivity contribution in [2.24, 2.45) is 7.05 Å². The molecule has 0 saturated heterocycles. The minimum Gasteiger partial charge on any atom is -0.393 e. The summed E-state index contributed by atoms with van der Waals surface area (Å²) in [5.41, 5.74) is 1.13. The molecule has 0 spiro atoms. The van der Waals surface area contributed by atoms with Gasteiger partial charge in [0.1, 0.15) is 0 Å². The number of aryl methyl sites for hydroxylation is 1. The number of aliphatic hydroxyl groups excluding tert-OH is 1. The number of aromatic nitrogens is 2. The van der Waals surface area contributed by atoms with E-state index >= 15 is 0 Å². The van der Waals surface area contributed by atoms with Crippen molar-refractivity contribution in [3.8, 4) is 0 Å². The number of hydrogen-bond donors (Lipinski definition) is 1. The summed E-state index contributed by atoms with van der Waals surface area (Å²) in [6.07, 6.45) is 14.4. The largest absolute Gasteiger partial charge is 0.393 e. The van der Waals surface area contributed by atoms with E-state index in [-0.39, 0.29) is 6.10 Å². The Morgan fingerprint density at radius 3 is 2.44 bits per heavy atom. The molecule has 0 radical (unpaired) electrons. The highest BCUT2D eigenvalue weighted by Crippen LogP contribution is 2.12. The highest BCUT2D eigenvalue weighted by molar-refractivity contribution is 5.04. The van der Waals surface area contributed by atoms with Crippen LogP contribution in [0.4, 0.5) is 0 Å². The summed E-state index contributed by atoms with van der Waals surface area (Å²) in [5.74, 6) is 0. The lowest BCUT2D eigenvalue weighted by atomic mass is 10.0. The zero-order chi connectivity index (χ0) is 13.2. The monoisotopic (exact) mass is 252 g/mol. The van der Waals surface area contributed by atoms with Gasteiger partial charge in [-0.25, -0.2) is 0 Å². The van der Waals surface area contributed by atoms with Gasteiger partial charge in [-0.15, -0.1) is 0 Å². The third kappa shape index (κ3) is 6.80. The van der Waals surface area contributed by atoms with E-state index in [0.29, 0.717) is 0 Å². The van der Waals surface area contributed by atoms with Gasteiger partial charge in [-0.2, -0.15) is 5.10 Å². The third-order valence-corrected chi connectivity index (χ3v) is 3.37. The molecular formula is C15H28N2O. The van der Waals surface area contributed by atoms with Crippen LogP contribution in [0, 0.1) is 0 Å². The van der Waals surface area contributed by atoms with Gasteiger partial charge in [-0.05, 0) is 12.0 Å². The summed E-state index contributed by atoms with van der Waals surface area (Å²) in [6, 6.07) is 0. The zero-order valence-corrected chi connectivity index (χ0v) is 11.9. The molecule has 0 aliphatic rings. The van der Waals surface area contributed by atoms with E-state index in [1.54, 1.807) is 4.68 Å². The van der Waals surface area contributed by atoms with Gasteiger partial charge < -0.3 is 5.11 Å². The summed E-state index contributed by atoms with van der Waals surface area (Å²) in [6.45, 7) is 2.24. The Morgan fingerprint density at radius 1 is 1.17 bits per heavy atom. The molecule has 0 aliphatic heterocycles. The highest BCUT2D eigenvalue weighted by Gasteiger charge is 2.06. The Hall–Kier alpha value is -0.830. The van der Waals surface area contributed by atoms with Crippen LogP contribution in [0.5, 0.6) is 0 Å². The van der Waals surface area contributed by atoms with Crippen molar-refractivity contribution in [3.05, 3.63) is 18.0 Å². The van der Waals surface area contributed by atoms with Gasteiger partial charge >= 0.3 is 0 Å². The maximum atomic E-state index is 9.92. The summed E-state index contributed by atoms with van der Waals surface area (Å²) in [5, 5.41) is 14.0. The van der Waals surface area contributed by atoms with E-state index < -0.39 is 0 Å². The molecule has 104 valence electrons. The number of rotatable bonds is 10. The molecule has 18 heavy (non-hydrogen) atoms. The van der Waals surface area contributed by atoms with Crippen molar-refractivity contribution in [2.75, 3.05) is 0 Å². The molecule has 0 aromatic carbocycles. The van der Waals surface area contributed by atoms with E-state index in [4.69, 9.17) is 0 Å². The second-order valence-electron chi connectivity index (χ2n) is 5.29. The molecule has 1 aromatic heterocycles. The smallest absolute Gasteiger partial charge is 0.0581 e. The summed E-state index contributed by atoms with van der Waals surface area (Å²) in [7, 11) is 1.91. The predicted molar refractivity (Wildman–Crippen MR) is 75.5 cm³/mol. The van der Waals surface area contributed by atoms with E-state index in [1.165, 1.54) is 38.5 Å². The quantitative estimate of drug-likeness (QED) is 0.648. The van der Waals surface area contributed by atoms with Crippen LogP contribution >= 0.6 is 0 Å². The first kappa shape index (κ1) is 15.2. The Labute approximate surface area is 111 Å². The molecule has 1 N–H and O–H groups in total. The van der Waals surface area contributed by atoms with Gasteiger partial charge in [0.2, 0.25) is 0 Å². The Morgan fingerprint density at radius 2 is 1.83 bits per heavy atom. The lowest BCUT2D eigenvalue weighted by Crippen LogP contribution is -2.09. The molecule has 0 amide bonds. The first-order valence-electron chi connectivity index (χ1n) is 7.38. The predicted octanol–water partition coefficient (Wildman–Crippen LogP) is 3.46. The Balaban J connectivity index is 1.98. The molecule has 1 unspecified atom stereocenters. The maximum Gasteiger partial charge on any atom is 0.0581 e. The fraction of sp³-hybridized carbons (Fsp3) is 0.800. The van der Waals surface area contributed by atoms with Crippen LogP contribution in [-0.4, -0.2) is 21.0 Å². The average molecular weight is 252 g/mol. The number of hydrogen-bond acceptors (Lipinski definition) is 2. The van der Waals surface area contributed by atoms with Crippen molar-refractivity contribution in [3.63, 3.8) is 0 Å². The molecule has 3 nitrogen and oxygen atoms in total. The minimum absolute atomic E-state index is 0.204. The van der Waals surface area contributed by atoms with Crippen LogP contribution in [0.2, 0.25) is 0 Å². The molecule has 0 aliphatic carbocycles. The molecule has 0 fully saturated rings. The number of unbranched alkanes of at least 4 members (excludes halogenated alkanes) is 6. The lowest BCUT2D eigenvalue weighted by Gasteiger charge is -2.08. The van der Waals surface area contributed by atoms with E-state index in [0.717, 1.165) is 24.8 Å². The SMILES string of the molecule is CCCCCCCCCC(O)Cc1cnn(C)c1. The molecule has 3 heteroatoms. The van der Waals surface area contributed by atoms with E-state index in [9.17, 15) is 5.11 Å². The highest BCUT2D eigenvalue weighted by atomic mass is 16.3. The molecule has 1 heterocycles. The van der Waals surface area contributed by atoms with Crippen molar-refractivity contribution >= 4 is 0 Å². The minimum atomic E-state index is -0.204. The van der Waals surface area contributed by atoms with Gasteiger partial charge in [0.15, 0.2) is 0 Å². The average Bonchev–Trinajstić information content (AvgIpc) is 2.73. The molecule has 1 aromatic rings. The zero-order valence-electron chi connectivity index (χ0n) is 11.9. The lowest BCUT2D eigenvalue weighted by molar-refractivity contribution is 0.161. The normalized spacial score (nSPS) is 12.8. The molecule has 1 rings (SSSR count). The van der Waals surface area contributed by atoms with Gasteiger partial charge in [-0.3, -0.25) is 4.68 Å². The Bertz CT molecular complexity index is 309. The van der Waals surface area contributed by atoms with E-state index in [2.05, 4.69) is 12.0 Å². The second kappa shape index (κ2) is 9.15. The second-order valence-corrected chi connectivity index (χ2v) is 5.29. The van der Waals surface area contributed by atoms with Crippen molar-refractivity contribution in [1.82, 2.24) is 9.78 Å². The van der Waals surface area contributed by atoms with E-state index in [1.807, 2.05) is 19.4 Å². The van der Waals surface area contributed by atoms with Crippen molar-refractivity contribution in [2.45, 2.75) is 70.8 Å². The first-order chi connectivity index (χ1) is 8.72. The summed E-state index contributed by atoms with van der Waals surface area (Å²) in [4.78, 5) is 0. The maximum absolute atomic E-state index is 9.92. The van der Waals surface area contributed by atoms with Crippen molar-refractivity contribution < 1.29 is 5.11 Å². The van der Waals surface area contributed by atoms with Crippen LogP contribution in [0.1, 0.15) is 63.9 Å². The fourth-order valence-electron chi connectivity index (χ4n) is 2.29. The molecule has 1 atom stereocenters. The third-order valence-electron chi connectivity index (χ3n) is 3.37. The molecule has 0 saturated carbocycles.